The Morgan fingerprint density at radius 3 is 2.54 bits per heavy atom. The van der Waals surface area contributed by atoms with Crippen molar-refractivity contribution >= 4 is 39.8 Å². The second kappa shape index (κ2) is 9.05. The molecule has 0 aromatic rings. The number of halogens is 1. The van der Waals surface area contributed by atoms with Gasteiger partial charge in [0.2, 0.25) is 0 Å². The predicted octanol–water partition coefficient (Wildman–Crippen LogP) is 2.95. The van der Waals surface area contributed by atoms with Crippen LogP contribution >= 0.6 is 24.0 Å². The van der Waals surface area contributed by atoms with E-state index in [0.29, 0.717) is 35.5 Å². The summed E-state index contributed by atoms with van der Waals surface area (Å²) < 4.78 is 23.1. The van der Waals surface area contributed by atoms with Gasteiger partial charge in [0.05, 0.1) is 11.5 Å². The molecule has 7 heteroatoms. The van der Waals surface area contributed by atoms with Crippen molar-refractivity contribution in [3.8, 4) is 0 Å². The Morgan fingerprint density at radius 2 is 2.00 bits per heavy atom. The molecule has 1 saturated heterocycles. The summed E-state index contributed by atoms with van der Waals surface area (Å²) in [7, 11) is -2.82. The molecule has 0 amide bonds. The van der Waals surface area contributed by atoms with Crippen molar-refractivity contribution in [3.63, 3.8) is 0 Å². The molecule has 0 radical (unpaired) electrons. The average molecular weight is 471 g/mol. The van der Waals surface area contributed by atoms with Gasteiger partial charge in [0, 0.05) is 18.6 Å². The monoisotopic (exact) mass is 471 g/mol. The number of nitrogens with one attached hydrogen (secondary N) is 2. The summed E-state index contributed by atoms with van der Waals surface area (Å²) in [5.41, 5.74) is 0.387. The first kappa shape index (κ1) is 22.0. The lowest BCUT2D eigenvalue weighted by Crippen LogP contribution is -2.48. The van der Waals surface area contributed by atoms with E-state index >= 15 is 0 Å². The molecule has 1 heterocycles. The quantitative estimate of drug-likeness (QED) is 0.376. The Bertz CT molecular complexity index is 532. The molecule has 0 bridgehead atoms. The average Bonchev–Trinajstić information content (AvgIpc) is 2.74. The third-order valence-corrected chi connectivity index (χ3v) is 6.64. The van der Waals surface area contributed by atoms with Gasteiger partial charge in [0.25, 0.3) is 0 Å². The van der Waals surface area contributed by atoms with Crippen molar-refractivity contribution < 1.29 is 8.42 Å². The van der Waals surface area contributed by atoms with Crippen molar-refractivity contribution in [2.75, 3.05) is 18.1 Å². The highest BCUT2D eigenvalue weighted by Crippen LogP contribution is 2.35. The molecule has 2 aliphatic rings. The van der Waals surface area contributed by atoms with E-state index in [9.17, 15) is 8.42 Å². The molecule has 5 nitrogen and oxygen atoms in total. The van der Waals surface area contributed by atoms with Gasteiger partial charge in [-0.15, -0.1) is 24.0 Å². The molecule has 142 valence electrons. The van der Waals surface area contributed by atoms with Crippen LogP contribution in [0.5, 0.6) is 0 Å². The van der Waals surface area contributed by atoms with Gasteiger partial charge in [-0.05, 0) is 50.9 Å². The van der Waals surface area contributed by atoms with E-state index in [0.717, 1.165) is 18.8 Å². The van der Waals surface area contributed by atoms with Crippen LogP contribution in [0.2, 0.25) is 0 Å². The van der Waals surface area contributed by atoms with Crippen LogP contribution in [-0.4, -0.2) is 44.5 Å². The Kier molecular flexibility index (Phi) is 8.29. The molecule has 2 N–H and O–H groups in total. The molecule has 0 spiro atoms. The summed E-state index contributed by atoms with van der Waals surface area (Å²) in [4.78, 5) is 4.68. The van der Waals surface area contributed by atoms with E-state index in [2.05, 4.69) is 43.3 Å². The van der Waals surface area contributed by atoms with Crippen molar-refractivity contribution in [2.24, 2.45) is 16.3 Å². The fraction of sp³-hybridized carbons (Fsp3) is 0.941. The van der Waals surface area contributed by atoms with Crippen LogP contribution in [0.3, 0.4) is 0 Å². The van der Waals surface area contributed by atoms with E-state index in [1.54, 1.807) is 0 Å². The summed E-state index contributed by atoms with van der Waals surface area (Å²) in [6, 6.07) is 0.765. The molecule has 24 heavy (non-hydrogen) atoms. The Balaban J connectivity index is 0.00000288. The third-order valence-electron chi connectivity index (χ3n) is 4.81. The molecule has 2 rings (SSSR count). The molecule has 0 aromatic carbocycles. The van der Waals surface area contributed by atoms with Crippen molar-refractivity contribution in [3.05, 3.63) is 0 Å². The minimum Gasteiger partial charge on any atom is -0.354 e. The van der Waals surface area contributed by atoms with E-state index in [-0.39, 0.29) is 29.9 Å². The summed E-state index contributed by atoms with van der Waals surface area (Å²) in [6.45, 7) is 9.45. The van der Waals surface area contributed by atoms with Gasteiger partial charge in [0.15, 0.2) is 15.8 Å². The van der Waals surface area contributed by atoms with Gasteiger partial charge in [-0.25, -0.2) is 8.42 Å². The van der Waals surface area contributed by atoms with Crippen LogP contribution in [0.15, 0.2) is 4.99 Å². The van der Waals surface area contributed by atoms with Gasteiger partial charge >= 0.3 is 0 Å². The van der Waals surface area contributed by atoms with Crippen LogP contribution in [0, 0.1) is 11.3 Å². The first-order chi connectivity index (χ1) is 10.7. The maximum atomic E-state index is 11.6. The molecule has 0 aromatic heterocycles. The first-order valence-corrected chi connectivity index (χ1v) is 10.8. The van der Waals surface area contributed by atoms with Crippen molar-refractivity contribution in [1.82, 2.24) is 10.6 Å². The predicted molar refractivity (Wildman–Crippen MR) is 112 cm³/mol. The van der Waals surface area contributed by atoms with Gasteiger partial charge in [-0.1, -0.05) is 20.3 Å². The SMILES string of the molecule is CC(C)NC(=NCC1CCS(=O)(=O)C1)NC1CCCC(C)(C)C1.I. The summed E-state index contributed by atoms with van der Waals surface area (Å²) in [5.74, 6) is 1.63. The highest BCUT2D eigenvalue weighted by Gasteiger charge is 2.29. The number of nitrogens with zero attached hydrogens (tertiary/aromatic N) is 1. The number of rotatable bonds is 4. The van der Waals surface area contributed by atoms with Gasteiger partial charge in [-0.3, -0.25) is 4.99 Å². The minimum atomic E-state index is -2.82. The van der Waals surface area contributed by atoms with Crippen LogP contribution in [0.1, 0.15) is 59.8 Å². The lowest BCUT2D eigenvalue weighted by Gasteiger charge is -2.36. The molecule has 1 aliphatic carbocycles. The zero-order chi connectivity index (χ0) is 17.1. The standard InChI is InChI=1S/C17H33N3O2S.HI/c1-13(2)19-16(18-11-14-7-9-23(21,22)12-14)20-15-6-5-8-17(3,4)10-15;/h13-15H,5-12H2,1-4H3,(H2,18,19,20);1H. The first-order valence-electron chi connectivity index (χ1n) is 8.93. The number of sulfone groups is 1. The van der Waals surface area contributed by atoms with E-state index < -0.39 is 9.84 Å². The largest absolute Gasteiger partial charge is 0.354 e. The Morgan fingerprint density at radius 1 is 1.29 bits per heavy atom. The van der Waals surface area contributed by atoms with Gasteiger partial charge in [-0.2, -0.15) is 0 Å². The summed E-state index contributed by atoms with van der Waals surface area (Å²) in [6.07, 6.45) is 5.62. The maximum Gasteiger partial charge on any atom is 0.191 e. The molecule has 2 atom stereocenters. The van der Waals surface area contributed by atoms with Crippen molar-refractivity contribution in [2.45, 2.75) is 71.9 Å². The zero-order valence-electron chi connectivity index (χ0n) is 15.5. The Labute approximate surface area is 164 Å². The lowest BCUT2D eigenvalue weighted by molar-refractivity contribution is 0.210. The molecule has 1 saturated carbocycles. The highest BCUT2D eigenvalue weighted by atomic mass is 127. The number of hydrogen-bond acceptors (Lipinski definition) is 3. The van der Waals surface area contributed by atoms with E-state index in [4.69, 9.17) is 0 Å². The highest BCUT2D eigenvalue weighted by molar-refractivity contribution is 14.0. The van der Waals surface area contributed by atoms with Crippen LogP contribution < -0.4 is 10.6 Å². The second-order valence-corrected chi connectivity index (χ2v) is 10.6. The zero-order valence-corrected chi connectivity index (χ0v) is 18.6. The van der Waals surface area contributed by atoms with E-state index in [1.807, 2.05) is 0 Å². The summed E-state index contributed by atoms with van der Waals surface area (Å²) in [5, 5.41) is 6.97. The Hall–Kier alpha value is -0.0500. The molecule has 1 aliphatic heterocycles. The number of guanidine groups is 1. The second-order valence-electron chi connectivity index (χ2n) is 8.36. The third kappa shape index (κ3) is 7.45. The van der Waals surface area contributed by atoms with Crippen LogP contribution in [-0.2, 0) is 9.84 Å². The topological polar surface area (TPSA) is 70.6 Å². The maximum absolute atomic E-state index is 11.6. The molecular weight excluding hydrogens is 437 g/mol. The number of aliphatic imine (C=N–C) groups is 1. The normalized spacial score (nSPS) is 29.1. The van der Waals surface area contributed by atoms with Crippen molar-refractivity contribution in [1.29, 1.82) is 0 Å². The summed E-state index contributed by atoms with van der Waals surface area (Å²) >= 11 is 0. The smallest absolute Gasteiger partial charge is 0.191 e. The number of hydrogen-bond donors (Lipinski definition) is 2. The molecule has 2 fully saturated rings. The minimum absolute atomic E-state index is 0. The van der Waals surface area contributed by atoms with Gasteiger partial charge < -0.3 is 10.6 Å². The molecule has 2 unspecified atom stereocenters. The van der Waals surface area contributed by atoms with Gasteiger partial charge in [0.1, 0.15) is 0 Å². The fourth-order valence-electron chi connectivity index (χ4n) is 3.66. The molecular formula is C17H34IN3O2S. The van der Waals surface area contributed by atoms with Crippen LogP contribution in [0.4, 0.5) is 0 Å². The van der Waals surface area contributed by atoms with E-state index in [1.165, 1.54) is 19.3 Å². The fourth-order valence-corrected chi connectivity index (χ4v) is 5.51. The van der Waals surface area contributed by atoms with Crippen LogP contribution in [0.25, 0.3) is 0 Å². The lowest BCUT2D eigenvalue weighted by atomic mass is 9.75.